The standard InChI is InChI=1S/C13H19ClN4S/c1-17-6-8-18(9-7-17)16-13(19)15-10-11-2-4-12(14)5-3-11/h2-5H,6-10H2,1H3,(H2,15,16,19). The van der Waals surface area contributed by atoms with Crippen molar-refractivity contribution in [3.8, 4) is 0 Å². The number of halogens is 1. The third kappa shape index (κ3) is 4.95. The molecule has 19 heavy (non-hydrogen) atoms. The number of nitrogens with one attached hydrogen (secondary N) is 2. The van der Waals surface area contributed by atoms with Crippen LogP contribution in [0.25, 0.3) is 0 Å². The van der Waals surface area contributed by atoms with Crippen molar-refractivity contribution >= 4 is 28.9 Å². The zero-order chi connectivity index (χ0) is 13.7. The topological polar surface area (TPSA) is 30.5 Å². The maximum Gasteiger partial charge on any atom is 0.181 e. The van der Waals surface area contributed by atoms with Gasteiger partial charge in [0, 0.05) is 37.7 Å². The van der Waals surface area contributed by atoms with Crippen LogP contribution in [0.5, 0.6) is 0 Å². The number of hydrazine groups is 1. The van der Waals surface area contributed by atoms with E-state index in [1.165, 1.54) is 0 Å². The lowest BCUT2D eigenvalue weighted by molar-refractivity contribution is 0.130. The van der Waals surface area contributed by atoms with Crippen molar-refractivity contribution in [2.24, 2.45) is 0 Å². The molecule has 0 aromatic heterocycles. The number of hydrogen-bond donors (Lipinski definition) is 2. The van der Waals surface area contributed by atoms with Crippen LogP contribution >= 0.6 is 23.8 Å². The Kier molecular flexibility index (Phi) is 5.39. The van der Waals surface area contributed by atoms with E-state index in [1.807, 2.05) is 24.3 Å². The Morgan fingerprint density at radius 3 is 2.47 bits per heavy atom. The largest absolute Gasteiger partial charge is 0.358 e. The fourth-order valence-electron chi connectivity index (χ4n) is 1.89. The van der Waals surface area contributed by atoms with Crippen molar-refractivity contribution in [1.82, 2.24) is 20.7 Å². The molecule has 1 fully saturated rings. The summed E-state index contributed by atoms with van der Waals surface area (Å²) in [6.45, 7) is 4.80. The Morgan fingerprint density at radius 1 is 1.21 bits per heavy atom. The van der Waals surface area contributed by atoms with Gasteiger partial charge in [-0.15, -0.1) is 0 Å². The summed E-state index contributed by atoms with van der Waals surface area (Å²) in [5.74, 6) is 0. The number of likely N-dealkylation sites (N-methyl/N-ethyl adjacent to an activating group) is 1. The van der Waals surface area contributed by atoms with Crippen LogP contribution in [0.4, 0.5) is 0 Å². The molecule has 6 heteroatoms. The molecule has 1 aliphatic rings. The highest BCUT2D eigenvalue weighted by Crippen LogP contribution is 2.09. The van der Waals surface area contributed by atoms with Crippen LogP contribution < -0.4 is 10.7 Å². The zero-order valence-corrected chi connectivity index (χ0v) is 12.6. The highest BCUT2D eigenvalue weighted by atomic mass is 35.5. The van der Waals surface area contributed by atoms with Crippen LogP contribution in [0.15, 0.2) is 24.3 Å². The summed E-state index contributed by atoms with van der Waals surface area (Å²) in [7, 11) is 2.13. The molecule has 0 unspecified atom stereocenters. The monoisotopic (exact) mass is 298 g/mol. The molecule has 2 N–H and O–H groups in total. The van der Waals surface area contributed by atoms with Crippen molar-refractivity contribution in [1.29, 1.82) is 0 Å². The Labute approximate surface area is 124 Å². The number of thiocarbonyl (C=S) groups is 1. The minimum Gasteiger partial charge on any atom is -0.358 e. The molecule has 0 aliphatic carbocycles. The molecule has 1 heterocycles. The smallest absolute Gasteiger partial charge is 0.181 e. The van der Waals surface area contributed by atoms with E-state index < -0.39 is 0 Å². The number of nitrogens with zero attached hydrogens (tertiary/aromatic N) is 2. The van der Waals surface area contributed by atoms with Gasteiger partial charge in [0.1, 0.15) is 0 Å². The molecule has 1 saturated heterocycles. The molecule has 0 radical (unpaired) electrons. The van der Waals surface area contributed by atoms with Gasteiger partial charge in [-0.05, 0) is 37.0 Å². The maximum atomic E-state index is 5.85. The van der Waals surface area contributed by atoms with E-state index in [1.54, 1.807) is 0 Å². The fourth-order valence-corrected chi connectivity index (χ4v) is 2.21. The molecule has 0 atom stereocenters. The highest BCUT2D eigenvalue weighted by Gasteiger charge is 2.13. The van der Waals surface area contributed by atoms with Gasteiger partial charge in [-0.25, -0.2) is 5.01 Å². The molecule has 0 amide bonds. The normalized spacial score (nSPS) is 17.2. The van der Waals surface area contributed by atoms with E-state index >= 15 is 0 Å². The summed E-state index contributed by atoms with van der Waals surface area (Å²) in [6, 6.07) is 7.76. The van der Waals surface area contributed by atoms with E-state index in [0.717, 1.165) is 36.8 Å². The van der Waals surface area contributed by atoms with Crippen LogP contribution in [0.2, 0.25) is 5.02 Å². The average Bonchev–Trinajstić information content (AvgIpc) is 2.41. The van der Waals surface area contributed by atoms with Gasteiger partial charge in [-0.3, -0.25) is 5.43 Å². The predicted octanol–water partition coefficient (Wildman–Crippen LogP) is 1.47. The van der Waals surface area contributed by atoms with Gasteiger partial charge in [0.15, 0.2) is 5.11 Å². The second kappa shape index (κ2) is 7.05. The van der Waals surface area contributed by atoms with Gasteiger partial charge in [-0.1, -0.05) is 23.7 Å². The van der Waals surface area contributed by atoms with Crippen molar-refractivity contribution in [2.75, 3.05) is 33.2 Å². The summed E-state index contributed by atoms with van der Waals surface area (Å²) >= 11 is 11.1. The number of piperazine rings is 1. The third-order valence-electron chi connectivity index (χ3n) is 3.13. The summed E-state index contributed by atoms with van der Waals surface area (Å²) in [5, 5.41) is 6.77. The van der Waals surface area contributed by atoms with Gasteiger partial charge in [0.05, 0.1) is 0 Å². The lowest BCUT2D eigenvalue weighted by atomic mass is 10.2. The van der Waals surface area contributed by atoms with Crippen molar-refractivity contribution in [3.05, 3.63) is 34.9 Å². The molecule has 104 valence electrons. The maximum absolute atomic E-state index is 5.85. The molecule has 0 saturated carbocycles. The molecular weight excluding hydrogens is 280 g/mol. The van der Waals surface area contributed by atoms with Crippen LogP contribution in [0.3, 0.4) is 0 Å². The Hall–Kier alpha value is -0.880. The average molecular weight is 299 g/mol. The molecule has 1 aromatic carbocycles. The second-order valence-corrected chi connectivity index (χ2v) is 5.56. The van der Waals surface area contributed by atoms with Crippen LogP contribution in [-0.2, 0) is 6.54 Å². The van der Waals surface area contributed by atoms with Crippen LogP contribution in [-0.4, -0.2) is 48.2 Å². The third-order valence-corrected chi connectivity index (χ3v) is 3.62. The first-order valence-corrected chi connectivity index (χ1v) is 7.14. The van der Waals surface area contributed by atoms with Gasteiger partial charge >= 0.3 is 0 Å². The van der Waals surface area contributed by atoms with Crippen molar-refractivity contribution in [3.63, 3.8) is 0 Å². The van der Waals surface area contributed by atoms with E-state index in [2.05, 4.69) is 27.7 Å². The molecule has 1 aliphatic heterocycles. The molecule has 1 aromatic rings. The molecular formula is C13H19ClN4S. The summed E-state index contributed by atoms with van der Waals surface area (Å²) in [4.78, 5) is 2.31. The minimum absolute atomic E-state index is 0.666. The molecule has 4 nitrogen and oxygen atoms in total. The quantitative estimate of drug-likeness (QED) is 0.825. The minimum atomic E-state index is 0.666. The van der Waals surface area contributed by atoms with E-state index in [0.29, 0.717) is 11.7 Å². The molecule has 0 bridgehead atoms. The van der Waals surface area contributed by atoms with E-state index in [9.17, 15) is 0 Å². The number of benzene rings is 1. The van der Waals surface area contributed by atoms with Crippen LogP contribution in [0.1, 0.15) is 5.56 Å². The first-order chi connectivity index (χ1) is 9.13. The number of hydrogen-bond acceptors (Lipinski definition) is 3. The zero-order valence-electron chi connectivity index (χ0n) is 11.0. The summed E-state index contributed by atoms with van der Waals surface area (Å²) < 4.78 is 0. The summed E-state index contributed by atoms with van der Waals surface area (Å²) in [6.07, 6.45) is 0. The van der Waals surface area contributed by atoms with E-state index in [-0.39, 0.29) is 0 Å². The predicted molar refractivity (Wildman–Crippen MR) is 83.1 cm³/mol. The van der Waals surface area contributed by atoms with Gasteiger partial charge in [0.25, 0.3) is 0 Å². The first kappa shape index (κ1) is 14.5. The lowest BCUT2D eigenvalue weighted by Crippen LogP contribution is -2.54. The van der Waals surface area contributed by atoms with E-state index in [4.69, 9.17) is 23.8 Å². The van der Waals surface area contributed by atoms with Crippen LogP contribution in [0, 0.1) is 0 Å². The SMILES string of the molecule is CN1CCN(NC(=S)NCc2ccc(Cl)cc2)CC1. The Morgan fingerprint density at radius 2 is 1.84 bits per heavy atom. The Bertz CT molecular complexity index is 415. The van der Waals surface area contributed by atoms with Crippen molar-refractivity contribution < 1.29 is 0 Å². The summed E-state index contributed by atoms with van der Waals surface area (Å²) in [5.41, 5.74) is 4.38. The van der Waals surface area contributed by atoms with Gasteiger partial charge < -0.3 is 10.2 Å². The highest BCUT2D eigenvalue weighted by molar-refractivity contribution is 7.80. The van der Waals surface area contributed by atoms with Gasteiger partial charge in [-0.2, -0.15) is 0 Å². The second-order valence-electron chi connectivity index (χ2n) is 4.71. The van der Waals surface area contributed by atoms with Gasteiger partial charge in [0.2, 0.25) is 0 Å². The number of rotatable bonds is 3. The first-order valence-electron chi connectivity index (χ1n) is 6.36. The van der Waals surface area contributed by atoms with Crippen molar-refractivity contribution in [2.45, 2.75) is 6.54 Å². The fraction of sp³-hybridized carbons (Fsp3) is 0.462. The lowest BCUT2D eigenvalue weighted by Gasteiger charge is -2.33. The molecule has 2 rings (SSSR count). The molecule has 0 spiro atoms. The Balaban J connectivity index is 1.71.